The maximum atomic E-state index is 12.6. The van der Waals surface area contributed by atoms with E-state index in [2.05, 4.69) is 5.32 Å². The third-order valence-corrected chi connectivity index (χ3v) is 7.61. The lowest BCUT2D eigenvalue weighted by molar-refractivity contribution is -0.116. The Kier molecular flexibility index (Phi) is 11.0. The van der Waals surface area contributed by atoms with Crippen molar-refractivity contribution in [2.24, 2.45) is 0 Å². The zero-order valence-electron chi connectivity index (χ0n) is 23.2. The van der Waals surface area contributed by atoms with E-state index < -0.39 is 11.9 Å². The predicted molar refractivity (Wildman–Crippen MR) is 163 cm³/mol. The fourth-order valence-corrected chi connectivity index (χ4v) is 5.40. The quantitative estimate of drug-likeness (QED) is 0.167. The lowest BCUT2D eigenvalue weighted by Gasteiger charge is -2.11. The maximum Gasteiger partial charge on any atom is 0.338 e. The second-order valence-corrected chi connectivity index (χ2v) is 10.8. The van der Waals surface area contributed by atoms with E-state index in [1.165, 1.54) is 32.4 Å². The average Bonchev–Trinajstić information content (AvgIpc) is 3.01. The van der Waals surface area contributed by atoms with Crippen LogP contribution in [0.3, 0.4) is 0 Å². The standard InChI is InChI=1S/C33H30ClNO6S/c1-39-32(37)28-17-15-24(18-29(28)33(38)40-2)35-31(36)13-6-10-23-14-16-27(20-30(23)34)42-26-12-7-11-25(19-26)41-21-22-8-4-3-5-9-22/h3-5,7-9,11-12,14-20H,6,10,13,21H2,1-2H3,(H,35,36). The number of aryl methyl sites for hydroxylation is 1. The summed E-state index contributed by atoms with van der Waals surface area (Å²) < 4.78 is 15.4. The Morgan fingerprint density at radius 1 is 0.786 bits per heavy atom. The summed E-state index contributed by atoms with van der Waals surface area (Å²) in [7, 11) is 2.44. The Balaban J connectivity index is 1.29. The molecule has 0 atom stereocenters. The summed E-state index contributed by atoms with van der Waals surface area (Å²) in [6.07, 6.45) is 1.44. The minimum atomic E-state index is -0.702. The molecule has 0 aliphatic heterocycles. The monoisotopic (exact) mass is 603 g/mol. The topological polar surface area (TPSA) is 90.9 Å². The molecule has 1 N–H and O–H groups in total. The summed E-state index contributed by atoms with van der Waals surface area (Å²) >= 11 is 8.18. The summed E-state index contributed by atoms with van der Waals surface area (Å²) in [4.78, 5) is 38.7. The molecule has 4 aromatic carbocycles. The number of methoxy groups -OCH3 is 2. The fourth-order valence-electron chi connectivity index (χ4n) is 4.15. The third kappa shape index (κ3) is 8.61. The van der Waals surface area contributed by atoms with Gasteiger partial charge in [-0.3, -0.25) is 4.79 Å². The summed E-state index contributed by atoms with van der Waals surface area (Å²) in [6, 6.07) is 28.2. The largest absolute Gasteiger partial charge is 0.489 e. The molecule has 216 valence electrons. The number of carbonyl (C=O) groups excluding carboxylic acids is 3. The van der Waals surface area contributed by atoms with E-state index in [-0.39, 0.29) is 23.5 Å². The number of halogens is 1. The number of anilines is 1. The molecule has 4 rings (SSSR count). The van der Waals surface area contributed by atoms with E-state index in [0.29, 0.717) is 30.2 Å². The van der Waals surface area contributed by atoms with Crippen molar-refractivity contribution >= 4 is 46.9 Å². The molecular weight excluding hydrogens is 574 g/mol. The van der Waals surface area contributed by atoms with Crippen LogP contribution in [0.15, 0.2) is 101 Å². The average molecular weight is 604 g/mol. The molecule has 0 radical (unpaired) electrons. The van der Waals surface area contributed by atoms with Crippen LogP contribution in [-0.4, -0.2) is 32.1 Å². The van der Waals surface area contributed by atoms with Gasteiger partial charge in [0.05, 0.1) is 25.3 Å². The van der Waals surface area contributed by atoms with Crippen LogP contribution in [0.1, 0.15) is 44.7 Å². The van der Waals surface area contributed by atoms with Gasteiger partial charge in [0, 0.05) is 26.9 Å². The van der Waals surface area contributed by atoms with Crippen LogP contribution in [0.25, 0.3) is 0 Å². The molecule has 0 aromatic heterocycles. The first kappa shape index (κ1) is 30.7. The molecule has 0 fully saturated rings. The molecular formula is C33H30ClNO6S. The second kappa shape index (κ2) is 15.1. The van der Waals surface area contributed by atoms with E-state index in [1.54, 1.807) is 11.8 Å². The van der Waals surface area contributed by atoms with E-state index in [0.717, 1.165) is 26.7 Å². The first-order chi connectivity index (χ1) is 20.4. The highest BCUT2D eigenvalue weighted by Crippen LogP contribution is 2.33. The Labute approximate surface area is 254 Å². The molecule has 42 heavy (non-hydrogen) atoms. The van der Waals surface area contributed by atoms with Crippen molar-refractivity contribution in [2.75, 3.05) is 19.5 Å². The van der Waals surface area contributed by atoms with E-state index in [9.17, 15) is 14.4 Å². The van der Waals surface area contributed by atoms with Crippen molar-refractivity contribution in [2.45, 2.75) is 35.7 Å². The Hall–Kier alpha value is -4.27. The van der Waals surface area contributed by atoms with Gasteiger partial charge in [0.2, 0.25) is 5.91 Å². The van der Waals surface area contributed by atoms with Crippen LogP contribution in [-0.2, 0) is 27.3 Å². The Morgan fingerprint density at radius 3 is 2.26 bits per heavy atom. The number of rotatable bonds is 12. The van der Waals surface area contributed by atoms with E-state index >= 15 is 0 Å². The van der Waals surface area contributed by atoms with Gasteiger partial charge in [-0.2, -0.15) is 0 Å². The van der Waals surface area contributed by atoms with Crippen LogP contribution < -0.4 is 10.1 Å². The van der Waals surface area contributed by atoms with Gasteiger partial charge in [-0.25, -0.2) is 9.59 Å². The van der Waals surface area contributed by atoms with Crippen LogP contribution >= 0.6 is 23.4 Å². The van der Waals surface area contributed by atoms with Crippen LogP contribution in [0, 0.1) is 0 Å². The van der Waals surface area contributed by atoms with E-state index in [4.69, 9.17) is 25.8 Å². The van der Waals surface area contributed by atoms with Gasteiger partial charge in [0.25, 0.3) is 0 Å². The van der Waals surface area contributed by atoms with E-state index in [1.807, 2.05) is 72.8 Å². The normalized spacial score (nSPS) is 10.5. The molecule has 0 unspecified atom stereocenters. The van der Waals surface area contributed by atoms with Crippen LogP contribution in [0.4, 0.5) is 5.69 Å². The minimum Gasteiger partial charge on any atom is -0.489 e. The lowest BCUT2D eigenvalue weighted by atomic mass is 10.1. The van der Waals surface area contributed by atoms with Crippen molar-refractivity contribution in [3.05, 3.63) is 118 Å². The summed E-state index contributed by atoms with van der Waals surface area (Å²) in [5.41, 5.74) is 2.50. The van der Waals surface area contributed by atoms with Crippen LogP contribution in [0.2, 0.25) is 5.02 Å². The molecule has 0 saturated heterocycles. The number of nitrogens with one attached hydrogen (secondary N) is 1. The van der Waals surface area contributed by atoms with Crippen LogP contribution in [0.5, 0.6) is 5.75 Å². The van der Waals surface area contributed by atoms with Gasteiger partial charge >= 0.3 is 11.9 Å². The maximum absolute atomic E-state index is 12.6. The Bertz CT molecular complexity index is 1560. The first-order valence-electron chi connectivity index (χ1n) is 13.2. The van der Waals surface area contributed by atoms with Gasteiger partial charge in [0.15, 0.2) is 0 Å². The zero-order chi connectivity index (χ0) is 29.9. The number of carbonyl (C=O) groups is 3. The molecule has 9 heteroatoms. The molecule has 0 aliphatic carbocycles. The predicted octanol–water partition coefficient (Wildman–Crippen LogP) is 7.60. The molecule has 4 aromatic rings. The summed E-state index contributed by atoms with van der Waals surface area (Å²) in [6.45, 7) is 0.504. The summed E-state index contributed by atoms with van der Waals surface area (Å²) in [5, 5.41) is 3.40. The highest BCUT2D eigenvalue weighted by Gasteiger charge is 2.19. The number of amides is 1. The second-order valence-electron chi connectivity index (χ2n) is 9.25. The molecule has 0 spiro atoms. The lowest BCUT2D eigenvalue weighted by Crippen LogP contribution is -2.15. The van der Waals surface area contributed by atoms with Gasteiger partial charge in [-0.1, -0.05) is 65.8 Å². The van der Waals surface area contributed by atoms with Gasteiger partial charge in [0.1, 0.15) is 12.4 Å². The molecule has 0 bridgehead atoms. The highest BCUT2D eigenvalue weighted by molar-refractivity contribution is 7.99. The number of benzene rings is 4. The van der Waals surface area contributed by atoms with Crippen molar-refractivity contribution < 1.29 is 28.6 Å². The third-order valence-electron chi connectivity index (χ3n) is 6.28. The zero-order valence-corrected chi connectivity index (χ0v) is 24.8. The van der Waals surface area contributed by atoms with Gasteiger partial charge in [-0.05, 0) is 72.5 Å². The molecule has 1 amide bonds. The van der Waals surface area contributed by atoms with Crippen molar-refractivity contribution in [3.8, 4) is 5.75 Å². The number of hydrogen-bond donors (Lipinski definition) is 1. The van der Waals surface area contributed by atoms with Crippen molar-refractivity contribution in [3.63, 3.8) is 0 Å². The van der Waals surface area contributed by atoms with Gasteiger partial charge in [-0.15, -0.1) is 0 Å². The highest BCUT2D eigenvalue weighted by atomic mass is 35.5. The molecule has 0 aliphatic rings. The summed E-state index contributed by atoms with van der Waals surface area (Å²) in [5.74, 6) is -0.803. The SMILES string of the molecule is COC(=O)c1ccc(NC(=O)CCCc2ccc(Sc3cccc(OCc4ccccc4)c3)cc2Cl)cc1C(=O)OC. The molecule has 0 saturated carbocycles. The Morgan fingerprint density at radius 2 is 1.52 bits per heavy atom. The smallest absolute Gasteiger partial charge is 0.338 e. The molecule has 0 heterocycles. The number of ether oxygens (including phenoxy) is 3. The fraction of sp³-hybridized carbons (Fsp3) is 0.182. The number of hydrogen-bond acceptors (Lipinski definition) is 7. The minimum absolute atomic E-state index is 0.0123. The van der Waals surface area contributed by atoms with Crippen molar-refractivity contribution in [1.82, 2.24) is 0 Å². The van der Waals surface area contributed by atoms with Crippen molar-refractivity contribution in [1.29, 1.82) is 0 Å². The van der Waals surface area contributed by atoms with Gasteiger partial charge < -0.3 is 19.5 Å². The first-order valence-corrected chi connectivity index (χ1v) is 14.4. The molecule has 7 nitrogen and oxygen atoms in total. The number of esters is 2.